The Balaban J connectivity index is 2.17. The number of carbonyl (C=O) groups is 2. The Morgan fingerprint density at radius 2 is 1.36 bits per heavy atom. The monoisotopic (exact) mass is 364 g/mol. The Labute approximate surface area is 149 Å². The third-order valence-corrected chi connectivity index (χ3v) is 3.58. The van der Waals surface area contributed by atoms with Crippen molar-refractivity contribution in [1.29, 1.82) is 0 Å². The van der Waals surface area contributed by atoms with Gasteiger partial charge in [0.2, 0.25) is 0 Å². The molecular formula is C17H17ClN2O5. The van der Waals surface area contributed by atoms with Crippen LogP contribution in [0.4, 0.5) is 11.4 Å². The highest BCUT2D eigenvalue weighted by Gasteiger charge is 2.19. The molecule has 0 saturated heterocycles. The van der Waals surface area contributed by atoms with E-state index in [0.717, 1.165) is 0 Å². The minimum absolute atomic E-state index is 0.254. The smallest absolute Gasteiger partial charge is 0.314 e. The predicted molar refractivity (Wildman–Crippen MR) is 94.8 cm³/mol. The molecule has 0 heterocycles. The van der Waals surface area contributed by atoms with Gasteiger partial charge in [0.25, 0.3) is 0 Å². The molecule has 2 rings (SSSR count). The summed E-state index contributed by atoms with van der Waals surface area (Å²) in [6.45, 7) is 0. The molecule has 0 radical (unpaired) electrons. The van der Waals surface area contributed by atoms with Crippen molar-refractivity contribution in [3.05, 3.63) is 41.4 Å². The molecular weight excluding hydrogens is 348 g/mol. The first kappa shape index (κ1) is 18.4. The minimum atomic E-state index is -0.881. The molecule has 0 unspecified atom stereocenters. The van der Waals surface area contributed by atoms with Crippen LogP contribution in [0.25, 0.3) is 0 Å². The quantitative estimate of drug-likeness (QED) is 0.797. The van der Waals surface area contributed by atoms with Gasteiger partial charge in [-0.15, -0.1) is 0 Å². The van der Waals surface area contributed by atoms with E-state index in [-0.39, 0.29) is 5.69 Å². The average Bonchev–Trinajstić information content (AvgIpc) is 2.62. The normalized spacial score (nSPS) is 9.92. The summed E-state index contributed by atoms with van der Waals surface area (Å²) < 4.78 is 15.4. The molecule has 8 heteroatoms. The van der Waals surface area contributed by atoms with E-state index in [1.165, 1.54) is 33.5 Å². The molecule has 0 bridgehead atoms. The zero-order chi connectivity index (χ0) is 18.4. The zero-order valence-corrected chi connectivity index (χ0v) is 14.6. The van der Waals surface area contributed by atoms with Crippen molar-refractivity contribution in [1.82, 2.24) is 0 Å². The van der Waals surface area contributed by atoms with Crippen LogP contribution in [0.3, 0.4) is 0 Å². The van der Waals surface area contributed by atoms with Gasteiger partial charge in [-0.25, -0.2) is 0 Å². The number of hydrogen-bond donors (Lipinski definition) is 2. The van der Waals surface area contributed by atoms with Crippen LogP contribution in [-0.4, -0.2) is 33.1 Å². The standard InChI is InChI=1S/C17H17ClN2O5/c1-23-13-7-5-4-6-11(13)19-16(21)17(22)20-12-9-14(24-2)10(18)8-15(12)25-3/h4-9H,1-3H3,(H,19,21)(H,20,22). The van der Waals surface area contributed by atoms with Crippen molar-refractivity contribution >= 4 is 34.8 Å². The van der Waals surface area contributed by atoms with Gasteiger partial charge >= 0.3 is 11.8 Å². The highest BCUT2D eigenvalue weighted by molar-refractivity contribution is 6.44. The first-order valence-corrected chi connectivity index (χ1v) is 7.54. The predicted octanol–water partition coefficient (Wildman–Crippen LogP) is 2.94. The van der Waals surface area contributed by atoms with E-state index in [4.69, 9.17) is 25.8 Å². The lowest BCUT2D eigenvalue weighted by atomic mass is 10.2. The van der Waals surface area contributed by atoms with Crippen LogP contribution in [0.1, 0.15) is 0 Å². The number of ether oxygens (including phenoxy) is 3. The maximum absolute atomic E-state index is 12.2. The molecule has 2 N–H and O–H groups in total. The fraction of sp³-hybridized carbons (Fsp3) is 0.176. The van der Waals surface area contributed by atoms with Crippen LogP contribution >= 0.6 is 11.6 Å². The van der Waals surface area contributed by atoms with E-state index in [2.05, 4.69) is 10.6 Å². The number of methoxy groups -OCH3 is 3. The fourth-order valence-corrected chi connectivity index (χ4v) is 2.30. The highest BCUT2D eigenvalue weighted by atomic mass is 35.5. The lowest BCUT2D eigenvalue weighted by molar-refractivity contribution is -0.133. The molecule has 0 atom stereocenters. The van der Waals surface area contributed by atoms with Crippen molar-refractivity contribution in [2.24, 2.45) is 0 Å². The number of nitrogens with one attached hydrogen (secondary N) is 2. The first-order valence-electron chi connectivity index (χ1n) is 7.17. The Kier molecular flexibility index (Phi) is 6.08. The number of hydrogen-bond acceptors (Lipinski definition) is 5. The molecule has 0 aromatic heterocycles. The number of anilines is 2. The number of rotatable bonds is 5. The van der Waals surface area contributed by atoms with Gasteiger partial charge in [0.05, 0.1) is 37.7 Å². The maximum Gasteiger partial charge on any atom is 0.314 e. The Morgan fingerprint density at radius 3 is 1.96 bits per heavy atom. The summed E-state index contributed by atoms with van der Waals surface area (Å²) in [5.41, 5.74) is 0.634. The van der Waals surface area contributed by atoms with Crippen LogP contribution in [0, 0.1) is 0 Å². The van der Waals surface area contributed by atoms with Gasteiger partial charge in [-0.05, 0) is 12.1 Å². The number of amides is 2. The topological polar surface area (TPSA) is 85.9 Å². The maximum atomic E-state index is 12.2. The molecule has 0 aliphatic heterocycles. The van der Waals surface area contributed by atoms with E-state index in [1.807, 2.05) is 0 Å². The third-order valence-electron chi connectivity index (χ3n) is 3.28. The van der Waals surface area contributed by atoms with Crippen LogP contribution in [-0.2, 0) is 9.59 Å². The molecule has 0 saturated carbocycles. The molecule has 0 fully saturated rings. The Bertz CT molecular complexity index is 795. The lowest BCUT2D eigenvalue weighted by Crippen LogP contribution is -2.29. The van der Waals surface area contributed by atoms with Gasteiger partial charge in [0.15, 0.2) is 0 Å². The molecule has 25 heavy (non-hydrogen) atoms. The van der Waals surface area contributed by atoms with Gasteiger partial charge in [-0.1, -0.05) is 23.7 Å². The minimum Gasteiger partial charge on any atom is -0.495 e. The summed E-state index contributed by atoms with van der Waals surface area (Å²) in [5.74, 6) is -0.671. The van der Waals surface area contributed by atoms with Crippen molar-refractivity contribution in [3.63, 3.8) is 0 Å². The molecule has 0 aliphatic carbocycles. The molecule has 2 aromatic carbocycles. The average molecular weight is 365 g/mol. The molecule has 2 amide bonds. The van der Waals surface area contributed by atoms with Crippen molar-refractivity contribution in [3.8, 4) is 17.2 Å². The SMILES string of the molecule is COc1cc(NC(=O)C(=O)Nc2ccccc2OC)c(OC)cc1Cl. The van der Waals surface area contributed by atoms with Crippen LogP contribution in [0.5, 0.6) is 17.2 Å². The number of benzene rings is 2. The first-order chi connectivity index (χ1) is 12.0. The van der Waals surface area contributed by atoms with E-state index in [0.29, 0.717) is 28.0 Å². The van der Waals surface area contributed by atoms with Crippen molar-refractivity contribution < 1.29 is 23.8 Å². The third kappa shape index (κ3) is 4.33. The number of carbonyl (C=O) groups excluding carboxylic acids is 2. The summed E-state index contributed by atoms with van der Waals surface area (Å²) in [6, 6.07) is 9.70. The lowest BCUT2D eigenvalue weighted by Gasteiger charge is -2.13. The second-order valence-electron chi connectivity index (χ2n) is 4.80. The molecule has 0 spiro atoms. The van der Waals surface area contributed by atoms with Crippen molar-refractivity contribution in [2.45, 2.75) is 0 Å². The number of para-hydroxylation sites is 2. The van der Waals surface area contributed by atoms with Gasteiger partial charge in [0, 0.05) is 12.1 Å². The van der Waals surface area contributed by atoms with Gasteiger partial charge in [0.1, 0.15) is 17.2 Å². The Hall–Kier alpha value is -2.93. The largest absolute Gasteiger partial charge is 0.495 e. The van der Waals surface area contributed by atoms with Gasteiger partial charge < -0.3 is 24.8 Å². The summed E-state index contributed by atoms with van der Waals surface area (Å²) in [6.07, 6.45) is 0. The van der Waals surface area contributed by atoms with Crippen LogP contribution in [0.15, 0.2) is 36.4 Å². The van der Waals surface area contributed by atoms with E-state index in [1.54, 1.807) is 24.3 Å². The molecule has 7 nitrogen and oxygen atoms in total. The molecule has 2 aromatic rings. The molecule has 132 valence electrons. The van der Waals surface area contributed by atoms with Crippen LogP contribution < -0.4 is 24.8 Å². The summed E-state index contributed by atoms with van der Waals surface area (Å²) in [5, 5.41) is 5.27. The number of halogens is 1. The van der Waals surface area contributed by atoms with E-state index in [9.17, 15) is 9.59 Å². The fourth-order valence-electron chi connectivity index (χ4n) is 2.06. The second-order valence-corrected chi connectivity index (χ2v) is 5.20. The van der Waals surface area contributed by atoms with E-state index < -0.39 is 11.8 Å². The van der Waals surface area contributed by atoms with Gasteiger partial charge in [-0.3, -0.25) is 9.59 Å². The zero-order valence-electron chi connectivity index (χ0n) is 13.9. The second kappa shape index (κ2) is 8.25. The molecule has 0 aliphatic rings. The van der Waals surface area contributed by atoms with Crippen molar-refractivity contribution in [2.75, 3.05) is 32.0 Å². The van der Waals surface area contributed by atoms with Gasteiger partial charge in [-0.2, -0.15) is 0 Å². The summed E-state index contributed by atoms with van der Waals surface area (Å²) in [4.78, 5) is 24.3. The summed E-state index contributed by atoms with van der Waals surface area (Å²) in [7, 11) is 4.33. The summed E-state index contributed by atoms with van der Waals surface area (Å²) >= 11 is 6.01. The Morgan fingerprint density at radius 1 is 0.800 bits per heavy atom. The highest BCUT2D eigenvalue weighted by Crippen LogP contribution is 2.35. The van der Waals surface area contributed by atoms with E-state index >= 15 is 0 Å². The van der Waals surface area contributed by atoms with Crippen LogP contribution in [0.2, 0.25) is 5.02 Å².